The fraction of sp³-hybridized carbons (Fsp3) is 0.105. The summed E-state index contributed by atoms with van der Waals surface area (Å²) >= 11 is 0. The molecule has 0 radical (unpaired) electrons. The maximum absolute atomic E-state index is 4.97. The first-order chi connectivity index (χ1) is 19.7. The molecule has 4 aromatic rings. The first-order valence-electron chi connectivity index (χ1n) is 13.8. The fourth-order valence-electron chi connectivity index (χ4n) is 5.19. The minimum Gasteiger partial charge on any atom is -0.288 e. The molecule has 2 nitrogen and oxygen atoms in total. The number of nitrogens with zero attached hydrogens (tertiary/aromatic N) is 2. The van der Waals surface area contributed by atoms with E-state index < -0.39 is 0 Å². The fourth-order valence-corrected chi connectivity index (χ4v) is 5.19. The highest BCUT2D eigenvalue weighted by molar-refractivity contribution is 6.18. The van der Waals surface area contributed by atoms with Crippen LogP contribution in [-0.2, 0) is 0 Å². The highest BCUT2D eigenvalue weighted by atomic mass is 14.7. The molecule has 0 saturated heterocycles. The van der Waals surface area contributed by atoms with Gasteiger partial charge in [0.1, 0.15) is 0 Å². The lowest BCUT2D eigenvalue weighted by atomic mass is 9.86. The van der Waals surface area contributed by atoms with Gasteiger partial charge in [0.15, 0.2) is 0 Å². The Labute approximate surface area is 237 Å². The monoisotopic (exact) mass is 518 g/mol. The number of allylic oxidation sites excluding steroid dienone is 10. The Morgan fingerprint density at radius 2 is 1.60 bits per heavy atom. The van der Waals surface area contributed by atoms with Gasteiger partial charge in [-0.25, -0.2) is 0 Å². The van der Waals surface area contributed by atoms with Crippen molar-refractivity contribution in [2.45, 2.75) is 20.3 Å². The molecule has 2 heteroatoms. The van der Waals surface area contributed by atoms with E-state index in [1.807, 2.05) is 26.1 Å². The van der Waals surface area contributed by atoms with Gasteiger partial charge < -0.3 is 0 Å². The van der Waals surface area contributed by atoms with Crippen LogP contribution in [0.1, 0.15) is 35.7 Å². The number of pyridine rings is 1. The second kappa shape index (κ2) is 12.8. The van der Waals surface area contributed by atoms with E-state index in [4.69, 9.17) is 4.98 Å². The predicted octanol–water partition coefficient (Wildman–Crippen LogP) is 9.74. The summed E-state index contributed by atoms with van der Waals surface area (Å²) in [6.07, 6.45) is 22.0. The third-order valence-electron chi connectivity index (χ3n) is 7.03. The second-order valence-corrected chi connectivity index (χ2v) is 9.66. The number of rotatable bonds is 7. The van der Waals surface area contributed by atoms with Gasteiger partial charge in [-0.05, 0) is 60.7 Å². The molecular weight excluding hydrogens is 484 g/mol. The molecule has 0 N–H and O–H groups in total. The van der Waals surface area contributed by atoms with Crippen molar-refractivity contribution in [2.75, 3.05) is 7.05 Å². The number of aryl methyl sites for hydroxylation is 1. The normalized spacial score (nSPS) is 15.8. The van der Waals surface area contributed by atoms with E-state index >= 15 is 0 Å². The van der Waals surface area contributed by atoms with E-state index in [1.165, 1.54) is 22.3 Å². The molecule has 0 saturated carbocycles. The molecule has 0 fully saturated rings. The molecule has 40 heavy (non-hydrogen) atoms. The Morgan fingerprint density at radius 3 is 2.42 bits per heavy atom. The van der Waals surface area contributed by atoms with Crippen LogP contribution in [0, 0.1) is 6.92 Å². The maximum Gasteiger partial charge on any atom is 0.0711 e. The van der Waals surface area contributed by atoms with Gasteiger partial charge in [0, 0.05) is 34.8 Å². The van der Waals surface area contributed by atoms with E-state index in [2.05, 4.69) is 139 Å². The topological polar surface area (TPSA) is 25.2 Å². The number of aliphatic imine (C=N–C) groups is 1. The van der Waals surface area contributed by atoms with E-state index in [0.29, 0.717) is 0 Å². The molecule has 196 valence electrons. The average Bonchev–Trinajstić information content (AvgIpc) is 3.00. The van der Waals surface area contributed by atoms with Crippen LogP contribution in [-0.4, -0.2) is 17.7 Å². The molecule has 1 aromatic heterocycles. The molecule has 0 bridgehead atoms. The summed E-state index contributed by atoms with van der Waals surface area (Å²) in [7, 11) is 1.86. The molecule has 0 atom stereocenters. The van der Waals surface area contributed by atoms with Gasteiger partial charge in [0.25, 0.3) is 0 Å². The van der Waals surface area contributed by atoms with Crippen LogP contribution in [0.25, 0.3) is 33.7 Å². The molecule has 3 aromatic carbocycles. The third kappa shape index (κ3) is 5.77. The molecular formula is C38H34N2. The summed E-state index contributed by atoms with van der Waals surface area (Å²) in [5.41, 5.74) is 11.2. The molecule has 1 heterocycles. The number of hydrogen-bond donors (Lipinski definition) is 0. The average molecular weight is 519 g/mol. The van der Waals surface area contributed by atoms with Gasteiger partial charge in [0.2, 0.25) is 0 Å². The predicted molar refractivity (Wildman–Crippen MR) is 174 cm³/mol. The van der Waals surface area contributed by atoms with Crippen LogP contribution < -0.4 is 0 Å². The molecule has 5 rings (SSSR count). The van der Waals surface area contributed by atoms with Gasteiger partial charge in [0.05, 0.1) is 11.2 Å². The van der Waals surface area contributed by atoms with Crippen LogP contribution in [0.15, 0.2) is 144 Å². The zero-order valence-electron chi connectivity index (χ0n) is 23.4. The molecule has 1 aliphatic rings. The van der Waals surface area contributed by atoms with Crippen LogP contribution >= 0.6 is 0 Å². The Hall–Kier alpha value is -4.82. The van der Waals surface area contributed by atoms with Gasteiger partial charge >= 0.3 is 0 Å². The number of hydrogen-bond acceptors (Lipinski definition) is 2. The zero-order valence-corrected chi connectivity index (χ0v) is 23.4. The largest absolute Gasteiger partial charge is 0.288 e. The van der Waals surface area contributed by atoms with Crippen LogP contribution in [0.2, 0.25) is 0 Å². The lowest BCUT2D eigenvalue weighted by Crippen LogP contribution is -2.05. The zero-order chi connectivity index (χ0) is 27.7. The smallest absolute Gasteiger partial charge is 0.0711 e. The first kappa shape index (κ1) is 26.8. The maximum atomic E-state index is 4.97. The Balaban J connectivity index is 1.72. The number of aromatic nitrogens is 1. The van der Waals surface area contributed by atoms with Crippen molar-refractivity contribution in [3.8, 4) is 11.1 Å². The Morgan fingerprint density at radius 1 is 0.825 bits per heavy atom. The second-order valence-electron chi connectivity index (χ2n) is 9.66. The number of fused-ring (bicyclic) bond motifs is 1. The van der Waals surface area contributed by atoms with Crippen LogP contribution in [0.3, 0.4) is 0 Å². The summed E-state index contributed by atoms with van der Waals surface area (Å²) in [6.45, 7) is 4.14. The van der Waals surface area contributed by atoms with Crippen molar-refractivity contribution in [1.29, 1.82) is 0 Å². The number of benzene rings is 3. The summed E-state index contributed by atoms with van der Waals surface area (Å²) in [5.74, 6) is 0. The lowest BCUT2D eigenvalue weighted by Gasteiger charge is -2.18. The molecule has 0 spiro atoms. The Bertz CT molecular complexity index is 1720. The number of para-hydroxylation sites is 1. The standard InChI is InChI=1S/C38H34N2/c1-4-5-6-7-8-12-22-32-28(2)40-36-26-16-14-24-34(36)38(32)31-21-17-20-30(27-31)37(29-18-10-9-11-19-29)33-23-13-15-25-35(33)39-3/h4-7,9-27H,8H2,1-3H3/b5-4-,7-6-,22-12-,37-33-,39-35?. The van der Waals surface area contributed by atoms with Crippen molar-refractivity contribution in [1.82, 2.24) is 4.98 Å². The van der Waals surface area contributed by atoms with Crippen LogP contribution in [0.4, 0.5) is 0 Å². The van der Waals surface area contributed by atoms with Gasteiger partial charge in [-0.2, -0.15) is 0 Å². The van der Waals surface area contributed by atoms with Crippen molar-refractivity contribution < 1.29 is 0 Å². The summed E-state index contributed by atoms with van der Waals surface area (Å²) < 4.78 is 0. The van der Waals surface area contributed by atoms with Crippen molar-refractivity contribution >= 4 is 28.3 Å². The molecule has 0 amide bonds. The summed E-state index contributed by atoms with van der Waals surface area (Å²) in [4.78, 5) is 9.57. The van der Waals surface area contributed by atoms with E-state index in [0.717, 1.165) is 45.4 Å². The SMILES string of the molecule is C/C=C\C=C/C/C=C\c1c(C)nc2ccccc2c1-c1cccc(/C(=C2/C=CC=CC2=NC)c2ccccc2)c1. The third-order valence-corrected chi connectivity index (χ3v) is 7.03. The van der Waals surface area contributed by atoms with E-state index in [9.17, 15) is 0 Å². The van der Waals surface area contributed by atoms with Gasteiger partial charge in [-0.15, -0.1) is 0 Å². The quantitative estimate of drug-likeness (QED) is 0.224. The minimum atomic E-state index is 0.860. The van der Waals surface area contributed by atoms with E-state index in [-0.39, 0.29) is 0 Å². The lowest BCUT2D eigenvalue weighted by molar-refractivity contribution is 1.24. The minimum absolute atomic E-state index is 0.860. The summed E-state index contributed by atoms with van der Waals surface area (Å²) in [5, 5.41) is 1.15. The Kier molecular flexibility index (Phi) is 8.58. The summed E-state index contributed by atoms with van der Waals surface area (Å²) in [6, 6.07) is 27.9. The first-order valence-corrected chi connectivity index (χ1v) is 13.8. The van der Waals surface area contributed by atoms with Gasteiger partial charge in [-0.1, -0.05) is 121 Å². The van der Waals surface area contributed by atoms with Crippen LogP contribution in [0.5, 0.6) is 0 Å². The highest BCUT2D eigenvalue weighted by Crippen LogP contribution is 2.37. The molecule has 1 aliphatic carbocycles. The molecule has 0 unspecified atom stereocenters. The molecule has 0 aliphatic heterocycles. The van der Waals surface area contributed by atoms with Crippen molar-refractivity contribution in [2.24, 2.45) is 4.99 Å². The van der Waals surface area contributed by atoms with E-state index in [1.54, 1.807) is 0 Å². The highest BCUT2D eigenvalue weighted by Gasteiger charge is 2.18. The van der Waals surface area contributed by atoms with Crippen molar-refractivity contribution in [3.05, 3.63) is 162 Å². The van der Waals surface area contributed by atoms with Gasteiger partial charge in [-0.3, -0.25) is 9.98 Å². The van der Waals surface area contributed by atoms with Crippen molar-refractivity contribution in [3.63, 3.8) is 0 Å².